The third-order valence-corrected chi connectivity index (χ3v) is 3.12. The maximum absolute atomic E-state index is 11.1. The van der Waals surface area contributed by atoms with Crippen LogP contribution in [0.4, 0.5) is 5.82 Å². The normalized spacial score (nSPS) is 14.8. The van der Waals surface area contributed by atoms with Crippen molar-refractivity contribution in [1.29, 1.82) is 0 Å². The first-order chi connectivity index (χ1) is 8.17. The molecule has 1 aliphatic carbocycles. The van der Waals surface area contributed by atoms with Gasteiger partial charge in [0.1, 0.15) is 16.8 Å². The highest BCUT2D eigenvalue weighted by molar-refractivity contribution is 6.32. The summed E-state index contributed by atoms with van der Waals surface area (Å²) in [4.78, 5) is 21.7. The van der Waals surface area contributed by atoms with E-state index < -0.39 is 0 Å². The molecule has 0 spiro atoms. The molecule has 1 aromatic heterocycles. The second-order valence-electron chi connectivity index (χ2n) is 4.34. The van der Waals surface area contributed by atoms with Crippen molar-refractivity contribution in [2.75, 3.05) is 11.4 Å². The molecular formula is C12H16ClN3O. The van der Waals surface area contributed by atoms with Crippen LogP contribution in [0, 0.1) is 6.92 Å². The van der Waals surface area contributed by atoms with Gasteiger partial charge in [-0.15, -0.1) is 0 Å². The van der Waals surface area contributed by atoms with Crippen LogP contribution in [-0.4, -0.2) is 28.8 Å². The van der Waals surface area contributed by atoms with E-state index in [0.717, 1.165) is 19.3 Å². The van der Waals surface area contributed by atoms with Crippen molar-refractivity contribution in [3.63, 3.8) is 0 Å². The molecule has 92 valence electrons. The van der Waals surface area contributed by atoms with Gasteiger partial charge in [-0.1, -0.05) is 18.5 Å². The monoisotopic (exact) mass is 253 g/mol. The lowest BCUT2D eigenvalue weighted by molar-refractivity contribution is 0.112. The largest absolute Gasteiger partial charge is 0.353 e. The molecule has 0 atom stereocenters. The van der Waals surface area contributed by atoms with Gasteiger partial charge in [0.25, 0.3) is 0 Å². The standard InChI is InChI=1S/C12H16ClN3O/c1-3-6-16(9-4-5-9)12-10(7-17)11(13)14-8(2)15-12/h7,9H,3-6H2,1-2H3. The molecule has 0 saturated heterocycles. The number of aldehydes is 1. The summed E-state index contributed by atoms with van der Waals surface area (Å²) >= 11 is 6.00. The number of nitrogens with zero attached hydrogens (tertiary/aromatic N) is 3. The first-order valence-corrected chi connectivity index (χ1v) is 6.31. The van der Waals surface area contributed by atoms with Crippen molar-refractivity contribution in [2.45, 2.75) is 39.2 Å². The summed E-state index contributed by atoms with van der Waals surface area (Å²) in [5.41, 5.74) is 0.414. The Kier molecular flexibility index (Phi) is 3.62. The summed E-state index contributed by atoms with van der Waals surface area (Å²) < 4.78 is 0. The average Bonchev–Trinajstić information content (AvgIpc) is 3.08. The van der Waals surface area contributed by atoms with Crippen molar-refractivity contribution >= 4 is 23.7 Å². The maximum atomic E-state index is 11.1. The van der Waals surface area contributed by atoms with E-state index in [2.05, 4.69) is 21.8 Å². The third kappa shape index (κ3) is 2.57. The summed E-state index contributed by atoms with van der Waals surface area (Å²) in [6.45, 7) is 4.81. The molecule has 1 saturated carbocycles. The molecule has 1 aliphatic rings. The van der Waals surface area contributed by atoms with Crippen LogP contribution >= 0.6 is 11.6 Å². The molecule has 0 unspecified atom stereocenters. The van der Waals surface area contributed by atoms with Gasteiger partial charge in [0.05, 0.1) is 5.56 Å². The molecule has 0 aromatic carbocycles. The molecule has 1 aromatic rings. The maximum Gasteiger partial charge on any atom is 0.156 e. The minimum atomic E-state index is 0.254. The molecule has 0 amide bonds. The highest BCUT2D eigenvalue weighted by atomic mass is 35.5. The molecule has 0 radical (unpaired) electrons. The van der Waals surface area contributed by atoms with Crippen LogP contribution in [0.15, 0.2) is 0 Å². The zero-order valence-electron chi connectivity index (χ0n) is 10.1. The Labute approximate surface area is 106 Å². The van der Waals surface area contributed by atoms with Crippen molar-refractivity contribution in [2.24, 2.45) is 0 Å². The molecule has 2 rings (SSSR count). The van der Waals surface area contributed by atoms with Crippen LogP contribution in [0.5, 0.6) is 0 Å². The number of anilines is 1. The lowest BCUT2D eigenvalue weighted by atomic mass is 10.2. The van der Waals surface area contributed by atoms with E-state index in [4.69, 9.17) is 11.6 Å². The number of aromatic nitrogens is 2. The molecule has 0 N–H and O–H groups in total. The minimum absolute atomic E-state index is 0.254. The summed E-state index contributed by atoms with van der Waals surface area (Å²) in [5.74, 6) is 1.30. The summed E-state index contributed by atoms with van der Waals surface area (Å²) in [7, 11) is 0. The van der Waals surface area contributed by atoms with Crippen molar-refractivity contribution < 1.29 is 4.79 Å². The second-order valence-corrected chi connectivity index (χ2v) is 4.70. The fourth-order valence-corrected chi connectivity index (χ4v) is 2.19. The van der Waals surface area contributed by atoms with Gasteiger partial charge in [0, 0.05) is 12.6 Å². The predicted octanol–water partition coefficient (Wildman–Crippen LogP) is 2.63. The molecule has 1 heterocycles. The van der Waals surface area contributed by atoms with Gasteiger partial charge < -0.3 is 4.90 Å². The minimum Gasteiger partial charge on any atom is -0.353 e. The van der Waals surface area contributed by atoms with Gasteiger partial charge in [-0.25, -0.2) is 9.97 Å². The zero-order valence-corrected chi connectivity index (χ0v) is 10.9. The molecule has 0 aliphatic heterocycles. The Hall–Kier alpha value is -1.16. The van der Waals surface area contributed by atoms with E-state index in [0.29, 0.717) is 23.2 Å². The Morgan fingerprint density at radius 2 is 2.18 bits per heavy atom. The Balaban J connectivity index is 2.43. The van der Waals surface area contributed by atoms with Gasteiger partial charge in [-0.3, -0.25) is 4.79 Å². The van der Waals surface area contributed by atoms with Crippen LogP contribution in [0.1, 0.15) is 42.4 Å². The fraction of sp³-hybridized carbons (Fsp3) is 0.583. The lowest BCUT2D eigenvalue weighted by Gasteiger charge is -2.24. The van der Waals surface area contributed by atoms with E-state index >= 15 is 0 Å². The second kappa shape index (κ2) is 5.00. The first-order valence-electron chi connectivity index (χ1n) is 5.93. The number of halogens is 1. The van der Waals surface area contributed by atoms with Crippen molar-refractivity contribution in [3.05, 3.63) is 16.5 Å². The number of rotatable bonds is 5. The van der Waals surface area contributed by atoms with Crippen molar-refractivity contribution in [1.82, 2.24) is 9.97 Å². The molecular weight excluding hydrogens is 238 g/mol. The smallest absolute Gasteiger partial charge is 0.156 e. The van der Waals surface area contributed by atoms with Gasteiger partial charge in [-0.2, -0.15) is 0 Å². The Morgan fingerprint density at radius 1 is 1.47 bits per heavy atom. The van der Waals surface area contributed by atoms with Crippen LogP contribution < -0.4 is 4.90 Å². The molecule has 0 bridgehead atoms. The summed E-state index contributed by atoms with van der Waals surface area (Å²) in [5, 5.41) is 0.254. The highest BCUT2D eigenvalue weighted by Gasteiger charge is 2.31. The number of aryl methyl sites for hydroxylation is 1. The van der Waals surface area contributed by atoms with E-state index in [-0.39, 0.29) is 5.15 Å². The Morgan fingerprint density at radius 3 is 2.71 bits per heavy atom. The van der Waals surface area contributed by atoms with Crippen LogP contribution in [-0.2, 0) is 0 Å². The number of hydrogen-bond donors (Lipinski definition) is 0. The van der Waals surface area contributed by atoms with E-state index in [1.54, 1.807) is 6.92 Å². The quantitative estimate of drug-likeness (QED) is 0.598. The van der Waals surface area contributed by atoms with Gasteiger partial charge in [0.2, 0.25) is 0 Å². The summed E-state index contributed by atoms with van der Waals surface area (Å²) in [6.07, 6.45) is 4.11. The molecule has 4 nitrogen and oxygen atoms in total. The number of hydrogen-bond acceptors (Lipinski definition) is 4. The lowest BCUT2D eigenvalue weighted by Crippen LogP contribution is -2.29. The van der Waals surface area contributed by atoms with E-state index in [1.165, 1.54) is 12.8 Å². The topological polar surface area (TPSA) is 46.1 Å². The van der Waals surface area contributed by atoms with Crippen LogP contribution in [0.3, 0.4) is 0 Å². The van der Waals surface area contributed by atoms with Crippen LogP contribution in [0.2, 0.25) is 5.15 Å². The van der Waals surface area contributed by atoms with Crippen molar-refractivity contribution in [3.8, 4) is 0 Å². The predicted molar refractivity (Wildman–Crippen MR) is 67.8 cm³/mol. The zero-order chi connectivity index (χ0) is 12.4. The van der Waals surface area contributed by atoms with E-state index in [9.17, 15) is 4.79 Å². The van der Waals surface area contributed by atoms with Gasteiger partial charge >= 0.3 is 0 Å². The Bertz CT molecular complexity index is 432. The average molecular weight is 254 g/mol. The molecule has 5 heteroatoms. The third-order valence-electron chi connectivity index (χ3n) is 2.83. The molecule has 17 heavy (non-hydrogen) atoms. The number of carbonyl (C=O) groups is 1. The van der Waals surface area contributed by atoms with Gasteiger partial charge in [0.15, 0.2) is 6.29 Å². The SMILES string of the molecule is CCCN(c1nc(C)nc(Cl)c1C=O)C1CC1. The van der Waals surface area contributed by atoms with Crippen LogP contribution in [0.25, 0.3) is 0 Å². The van der Waals surface area contributed by atoms with Gasteiger partial charge in [-0.05, 0) is 26.2 Å². The molecule has 1 fully saturated rings. The summed E-state index contributed by atoms with van der Waals surface area (Å²) in [6, 6.07) is 0.513. The van der Waals surface area contributed by atoms with E-state index in [1.807, 2.05) is 0 Å². The highest BCUT2D eigenvalue weighted by Crippen LogP contribution is 2.33. The fourth-order valence-electron chi connectivity index (χ4n) is 1.94. The first kappa shape index (κ1) is 12.3. The number of carbonyl (C=O) groups excluding carboxylic acids is 1.